The molecule has 6 nitrogen and oxygen atoms in total. The first-order valence-electron chi connectivity index (χ1n) is 5.86. The van der Waals surface area contributed by atoms with Gasteiger partial charge in [0.1, 0.15) is 5.82 Å². The molecule has 102 valence electrons. The lowest BCUT2D eigenvalue weighted by Gasteiger charge is -2.31. The number of non-ortho nitro benzene ring substituents is 1. The van der Waals surface area contributed by atoms with E-state index in [0.717, 1.165) is 6.07 Å². The molecule has 1 aromatic rings. The smallest absolute Gasteiger partial charge is 0.272 e. The minimum absolute atomic E-state index is 0.00595. The number of nitro groups is 1. The Bertz CT molecular complexity index is 521. The number of carbonyl (C=O) groups is 1. The molecule has 2 rings (SSSR count). The minimum atomic E-state index is -0.633. The van der Waals surface area contributed by atoms with Crippen LogP contribution in [0.4, 0.5) is 10.1 Å². The van der Waals surface area contributed by atoms with Crippen LogP contribution in [-0.2, 0) is 11.3 Å². The first kappa shape index (κ1) is 13.4. The molecular weight excluding hydrogens is 253 g/mol. The summed E-state index contributed by atoms with van der Waals surface area (Å²) in [5.74, 6) is -0.617. The number of rotatable bonds is 3. The maximum absolute atomic E-state index is 13.7. The Labute approximate surface area is 109 Å². The predicted molar refractivity (Wildman–Crippen MR) is 66.0 cm³/mol. The lowest BCUT2D eigenvalue weighted by atomic mass is 10.1. The average molecular weight is 267 g/mol. The number of carbonyl (C=O) groups excluding carboxylic acids is 1. The van der Waals surface area contributed by atoms with Crippen molar-refractivity contribution in [1.29, 1.82) is 0 Å². The van der Waals surface area contributed by atoms with Gasteiger partial charge in [0, 0.05) is 38.3 Å². The van der Waals surface area contributed by atoms with Gasteiger partial charge in [0.2, 0.25) is 5.91 Å². The van der Waals surface area contributed by atoms with Crippen LogP contribution in [0.3, 0.4) is 0 Å². The third kappa shape index (κ3) is 3.05. The van der Waals surface area contributed by atoms with Gasteiger partial charge in [0.15, 0.2) is 0 Å². The van der Waals surface area contributed by atoms with Crippen LogP contribution in [0.25, 0.3) is 0 Å². The number of likely N-dealkylation sites (N-methyl/N-ethyl adjacent to an activating group) is 1. The van der Waals surface area contributed by atoms with Crippen molar-refractivity contribution in [3.8, 4) is 0 Å². The lowest BCUT2D eigenvalue weighted by molar-refractivity contribution is -0.385. The monoisotopic (exact) mass is 267 g/mol. The van der Waals surface area contributed by atoms with Crippen LogP contribution in [0.1, 0.15) is 5.56 Å². The molecule has 0 N–H and O–H groups in total. The summed E-state index contributed by atoms with van der Waals surface area (Å²) in [5, 5.41) is 10.5. The van der Waals surface area contributed by atoms with E-state index in [2.05, 4.69) is 0 Å². The number of amides is 1. The molecule has 0 unspecified atom stereocenters. The molecule has 0 aliphatic carbocycles. The average Bonchev–Trinajstić information content (AvgIpc) is 2.36. The Morgan fingerprint density at radius 1 is 1.42 bits per heavy atom. The first-order valence-corrected chi connectivity index (χ1v) is 5.86. The predicted octanol–water partition coefficient (Wildman–Crippen LogP) is 1.01. The quantitative estimate of drug-likeness (QED) is 0.605. The summed E-state index contributed by atoms with van der Waals surface area (Å²) in [4.78, 5) is 24.9. The molecular formula is C12H14FN3O3. The van der Waals surface area contributed by atoms with E-state index in [0.29, 0.717) is 18.7 Å². The molecule has 0 atom stereocenters. The second-order valence-electron chi connectivity index (χ2n) is 4.56. The van der Waals surface area contributed by atoms with E-state index in [1.54, 1.807) is 11.9 Å². The van der Waals surface area contributed by atoms with Gasteiger partial charge in [0.05, 0.1) is 17.5 Å². The van der Waals surface area contributed by atoms with Gasteiger partial charge in [-0.15, -0.1) is 0 Å². The van der Waals surface area contributed by atoms with Crippen LogP contribution >= 0.6 is 0 Å². The summed E-state index contributed by atoms with van der Waals surface area (Å²) >= 11 is 0. The zero-order valence-electron chi connectivity index (χ0n) is 10.5. The number of nitro benzene ring substituents is 1. The Morgan fingerprint density at radius 3 is 2.74 bits per heavy atom. The van der Waals surface area contributed by atoms with Crippen LogP contribution in [0.5, 0.6) is 0 Å². The molecule has 1 heterocycles. The van der Waals surface area contributed by atoms with Gasteiger partial charge in [0.25, 0.3) is 5.69 Å². The van der Waals surface area contributed by atoms with E-state index in [4.69, 9.17) is 0 Å². The third-order valence-electron chi connectivity index (χ3n) is 3.18. The highest BCUT2D eigenvalue weighted by Crippen LogP contribution is 2.18. The number of benzene rings is 1. The van der Waals surface area contributed by atoms with Crippen molar-refractivity contribution in [3.05, 3.63) is 39.7 Å². The topological polar surface area (TPSA) is 66.7 Å². The van der Waals surface area contributed by atoms with Crippen molar-refractivity contribution in [1.82, 2.24) is 9.80 Å². The highest BCUT2D eigenvalue weighted by molar-refractivity contribution is 5.78. The van der Waals surface area contributed by atoms with E-state index < -0.39 is 10.7 Å². The molecule has 1 amide bonds. The zero-order chi connectivity index (χ0) is 14.0. The normalized spacial score (nSPS) is 16.7. The van der Waals surface area contributed by atoms with Crippen molar-refractivity contribution >= 4 is 11.6 Å². The number of hydrogen-bond donors (Lipinski definition) is 0. The summed E-state index contributed by atoms with van der Waals surface area (Å²) in [6.45, 7) is 1.79. The van der Waals surface area contributed by atoms with Crippen LogP contribution in [0, 0.1) is 15.9 Å². The van der Waals surface area contributed by atoms with Crippen molar-refractivity contribution in [3.63, 3.8) is 0 Å². The molecule has 0 aromatic heterocycles. The highest BCUT2D eigenvalue weighted by atomic mass is 19.1. The first-order chi connectivity index (χ1) is 8.97. The van der Waals surface area contributed by atoms with E-state index in [-0.39, 0.29) is 24.7 Å². The fourth-order valence-corrected chi connectivity index (χ4v) is 1.96. The van der Waals surface area contributed by atoms with E-state index in [1.165, 1.54) is 12.1 Å². The minimum Gasteiger partial charge on any atom is -0.343 e. The Hall–Kier alpha value is -2.02. The maximum Gasteiger partial charge on any atom is 0.272 e. The molecule has 1 aliphatic rings. The zero-order valence-corrected chi connectivity index (χ0v) is 10.5. The number of nitrogens with zero attached hydrogens (tertiary/aromatic N) is 3. The van der Waals surface area contributed by atoms with Gasteiger partial charge in [-0.25, -0.2) is 4.39 Å². The molecule has 1 saturated heterocycles. The van der Waals surface area contributed by atoms with Crippen LogP contribution in [0.15, 0.2) is 18.2 Å². The lowest BCUT2D eigenvalue weighted by Crippen LogP contribution is -2.48. The van der Waals surface area contributed by atoms with Gasteiger partial charge in [-0.05, 0) is 6.07 Å². The van der Waals surface area contributed by atoms with Gasteiger partial charge in [-0.3, -0.25) is 19.8 Å². The summed E-state index contributed by atoms with van der Waals surface area (Å²) in [7, 11) is 1.73. The van der Waals surface area contributed by atoms with E-state index in [1.807, 2.05) is 4.90 Å². The second kappa shape index (κ2) is 5.31. The Balaban J connectivity index is 2.07. The molecule has 0 radical (unpaired) electrons. The van der Waals surface area contributed by atoms with Crippen LogP contribution in [-0.4, -0.2) is 47.3 Å². The van der Waals surface area contributed by atoms with Crippen LogP contribution in [0.2, 0.25) is 0 Å². The van der Waals surface area contributed by atoms with Gasteiger partial charge in [-0.2, -0.15) is 0 Å². The van der Waals surface area contributed by atoms with Gasteiger partial charge < -0.3 is 4.90 Å². The molecule has 19 heavy (non-hydrogen) atoms. The summed E-state index contributed by atoms with van der Waals surface area (Å²) in [6.07, 6.45) is 0. The van der Waals surface area contributed by atoms with Gasteiger partial charge in [-0.1, -0.05) is 0 Å². The van der Waals surface area contributed by atoms with Crippen molar-refractivity contribution in [2.75, 3.05) is 26.7 Å². The van der Waals surface area contributed by atoms with Crippen LogP contribution < -0.4 is 0 Å². The van der Waals surface area contributed by atoms with Crippen molar-refractivity contribution in [2.24, 2.45) is 0 Å². The van der Waals surface area contributed by atoms with E-state index >= 15 is 0 Å². The largest absolute Gasteiger partial charge is 0.343 e. The van der Waals surface area contributed by atoms with E-state index in [9.17, 15) is 19.3 Å². The van der Waals surface area contributed by atoms with Crippen molar-refractivity contribution in [2.45, 2.75) is 6.54 Å². The highest BCUT2D eigenvalue weighted by Gasteiger charge is 2.22. The summed E-state index contributed by atoms with van der Waals surface area (Å²) in [5.41, 5.74) is 0.0960. The standard InChI is InChI=1S/C12H14FN3O3/c1-14-4-5-15(8-12(14)17)7-9-2-3-10(16(18)19)6-11(9)13/h2-3,6H,4-5,7-8H2,1H3. The third-order valence-corrected chi connectivity index (χ3v) is 3.18. The second-order valence-corrected chi connectivity index (χ2v) is 4.56. The number of piperazine rings is 1. The fraction of sp³-hybridized carbons (Fsp3) is 0.417. The van der Waals surface area contributed by atoms with Gasteiger partial charge >= 0.3 is 0 Å². The molecule has 1 aromatic carbocycles. The summed E-state index contributed by atoms with van der Waals surface area (Å²) in [6, 6.07) is 3.58. The molecule has 0 saturated carbocycles. The summed E-state index contributed by atoms with van der Waals surface area (Å²) < 4.78 is 13.7. The molecule has 1 aliphatic heterocycles. The molecule has 0 bridgehead atoms. The SMILES string of the molecule is CN1CCN(Cc2ccc([N+](=O)[O-])cc2F)CC1=O. The maximum atomic E-state index is 13.7. The molecule has 0 spiro atoms. The fourth-order valence-electron chi connectivity index (χ4n) is 1.96. The Kier molecular flexibility index (Phi) is 3.75. The number of hydrogen-bond acceptors (Lipinski definition) is 4. The molecule has 7 heteroatoms. The number of halogens is 1. The molecule has 1 fully saturated rings. The van der Waals surface area contributed by atoms with Crippen molar-refractivity contribution < 1.29 is 14.1 Å². The Morgan fingerprint density at radius 2 is 2.16 bits per heavy atom.